The van der Waals surface area contributed by atoms with E-state index >= 15 is 0 Å². The van der Waals surface area contributed by atoms with Crippen molar-refractivity contribution in [2.24, 2.45) is 11.8 Å². The van der Waals surface area contributed by atoms with E-state index in [1.807, 2.05) is 0 Å². The molecule has 2 aliphatic rings. The third kappa shape index (κ3) is 3.83. The van der Waals surface area contributed by atoms with E-state index < -0.39 is 9.05 Å². The first-order valence-corrected chi connectivity index (χ1v) is 8.93. The van der Waals surface area contributed by atoms with E-state index in [2.05, 4.69) is 6.92 Å². The van der Waals surface area contributed by atoms with Gasteiger partial charge in [-0.15, -0.1) is 0 Å². The minimum absolute atomic E-state index is 0.0446. The molecular weight excluding hydrogens is 260 g/mol. The first-order valence-electron chi connectivity index (χ1n) is 6.45. The van der Waals surface area contributed by atoms with Gasteiger partial charge in [0.05, 0.1) is 11.4 Å². The van der Waals surface area contributed by atoms with E-state index in [-0.39, 0.29) is 17.3 Å². The van der Waals surface area contributed by atoms with Crippen LogP contribution in [0, 0.1) is 11.8 Å². The van der Waals surface area contributed by atoms with Gasteiger partial charge in [-0.3, -0.25) is 0 Å². The molecule has 0 aromatic heterocycles. The average molecular weight is 281 g/mol. The van der Waals surface area contributed by atoms with Gasteiger partial charge >= 0.3 is 0 Å². The molecule has 2 rings (SSSR count). The zero-order valence-corrected chi connectivity index (χ0v) is 11.9. The van der Waals surface area contributed by atoms with Crippen molar-refractivity contribution in [3.63, 3.8) is 0 Å². The molecule has 1 aliphatic heterocycles. The Balaban J connectivity index is 1.97. The van der Waals surface area contributed by atoms with E-state index in [0.29, 0.717) is 6.61 Å². The number of rotatable bonds is 2. The summed E-state index contributed by atoms with van der Waals surface area (Å²) in [6, 6.07) is 0. The van der Waals surface area contributed by atoms with Crippen LogP contribution in [0.4, 0.5) is 0 Å². The van der Waals surface area contributed by atoms with Crippen LogP contribution in [-0.2, 0) is 13.8 Å². The number of hydrogen-bond acceptors (Lipinski definition) is 3. The molecule has 0 radical (unpaired) electrons. The van der Waals surface area contributed by atoms with Crippen LogP contribution in [0.3, 0.4) is 0 Å². The molecule has 1 spiro atoms. The molecule has 0 aromatic rings. The van der Waals surface area contributed by atoms with Gasteiger partial charge in [-0.05, 0) is 50.4 Å². The molecule has 1 saturated carbocycles. The lowest BCUT2D eigenvalue weighted by atomic mass is 9.73. The van der Waals surface area contributed by atoms with E-state index in [1.54, 1.807) is 0 Å². The third-order valence-corrected chi connectivity index (χ3v) is 5.46. The van der Waals surface area contributed by atoms with Crippen molar-refractivity contribution in [3.8, 4) is 0 Å². The molecule has 17 heavy (non-hydrogen) atoms. The fourth-order valence-corrected chi connectivity index (χ4v) is 4.57. The van der Waals surface area contributed by atoms with Crippen LogP contribution >= 0.6 is 10.7 Å². The Hall–Kier alpha value is 0.200. The smallest absolute Gasteiger partial charge is 0.232 e. The maximum Gasteiger partial charge on any atom is 0.232 e. The standard InChI is InChI=1S/C12H21ClO3S/c1-10-2-5-12(6-3-10)8-11(4-7-16-12)9-17(13,14)15/h10-11H,2-9H2,1H3. The molecule has 1 unspecified atom stereocenters. The van der Waals surface area contributed by atoms with Crippen LogP contribution in [0.2, 0.25) is 0 Å². The van der Waals surface area contributed by atoms with Crippen molar-refractivity contribution < 1.29 is 13.2 Å². The lowest BCUT2D eigenvalue weighted by Crippen LogP contribution is -2.43. The molecule has 100 valence electrons. The Morgan fingerprint density at radius 2 is 1.94 bits per heavy atom. The lowest BCUT2D eigenvalue weighted by molar-refractivity contribution is -0.119. The van der Waals surface area contributed by atoms with Crippen molar-refractivity contribution in [1.29, 1.82) is 0 Å². The molecule has 5 heteroatoms. The third-order valence-electron chi connectivity index (χ3n) is 4.22. The van der Waals surface area contributed by atoms with Crippen molar-refractivity contribution in [1.82, 2.24) is 0 Å². The molecule has 0 aromatic carbocycles. The topological polar surface area (TPSA) is 43.4 Å². The number of halogens is 1. The zero-order chi connectivity index (χ0) is 12.5. The number of ether oxygens (including phenoxy) is 1. The predicted molar refractivity (Wildman–Crippen MR) is 68.7 cm³/mol. The second kappa shape index (κ2) is 5.06. The molecular formula is C12H21ClO3S. The molecule has 1 atom stereocenters. The Morgan fingerprint density at radius 1 is 1.29 bits per heavy atom. The van der Waals surface area contributed by atoms with Crippen molar-refractivity contribution in [2.75, 3.05) is 12.4 Å². The predicted octanol–water partition coefficient (Wildman–Crippen LogP) is 2.93. The fourth-order valence-electron chi connectivity index (χ4n) is 3.19. The molecule has 3 nitrogen and oxygen atoms in total. The highest BCUT2D eigenvalue weighted by Gasteiger charge is 2.40. The van der Waals surface area contributed by atoms with Gasteiger partial charge in [-0.2, -0.15) is 0 Å². The summed E-state index contributed by atoms with van der Waals surface area (Å²) in [5, 5.41) is 0. The largest absolute Gasteiger partial charge is 0.375 e. The Bertz CT molecular complexity index is 358. The van der Waals surface area contributed by atoms with Gasteiger partial charge in [0.15, 0.2) is 0 Å². The summed E-state index contributed by atoms with van der Waals surface area (Å²) in [5.74, 6) is 1.07. The van der Waals surface area contributed by atoms with E-state index in [0.717, 1.165) is 31.6 Å². The van der Waals surface area contributed by atoms with Crippen LogP contribution < -0.4 is 0 Å². The highest BCUT2D eigenvalue weighted by molar-refractivity contribution is 8.13. The Labute approximate surface area is 108 Å². The summed E-state index contributed by atoms with van der Waals surface area (Å²) < 4.78 is 28.3. The highest BCUT2D eigenvalue weighted by atomic mass is 35.7. The minimum Gasteiger partial charge on any atom is -0.375 e. The van der Waals surface area contributed by atoms with E-state index in [9.17, 15) is 8.42 Å². The van der Waals surface area contributed by atoms with Gasteiger partial charge < -0.3 is 4.74 Å². The zero-order valence-electron chi connectivity index (χ0n) is 10.3. The highest BCUT2D eigenvalue weighted by Crippen LogP contribution is 2.42. The lowest BCUT2D eigenvalue weighted by Gasteiger charge is -2.44. The Morgan fingerprint density at radius 3 is 2.53 bits per heavy atom. The molecule has 0 amide bonds. The van der Waals surface area contributed by atoms with Gasteiger partial charge in [0.25, 0.3) is 0 Å². The van der Waals surface area contributed by atoms with Gasteiger partial charge in [0.1, 0.15) is 0 Å². The maximum atomic E-state index is 11.1. The van der Waals surface area contributed by atoms with E-state index in [4.69, 9.17) is 15.4 Å². The van der Waals surface area contributed by atoms with Crippen LogP contribution in [0.5, 0.6) is 0 Å². The molecule has 0 bridgehead atoms. The van der Waals surface area contributed by atoms with Crippen molar-refractivity contribution in [2.45, 2.75) is 51.0 Å². The summed E-state index contributed by atoms with van der Waals surface area (Å²) in [6.07, 6.45) is 6.23. The first kappa shape index (κ1) is 13.6. The monoisotopic (exact) mass is 280 g/mol. The van der Waals surface area contributed by atoms with Gasteiger partial charge in [0, 0.05) is 17.3 Å². The summed E-state index contributed by atoms with van der Waals surface area (Å²) in [5.41, 5.74) is -0.0446. The van der Waals surface area contributed by atoms with Crippen LogP contribution in [0.1, 0.15) is 45.4 Å². The normalized spacial score (nSPS) is 39.4. The van der Waals surface area contributed by atoms with Gasteiger partial charge in [-0.1, -0.05) is 6.92 Å². The minimum atomic E-state index is -3.37. The second-order valence-corrected chi connectivity index (χ2v) is 8.60. The second-order valence-electron chi connectivity index (χ2n) is 5.78. The molecule has 0 N–H and O–H groups in total. The average Bonchev–Trinajstić information content (AvgIpc) is 2.21. The van der Waals surface area contributed by atoms with Crippen LogP contribution in [-0.4, -0.2) is 26.4 Å². The molecule has 1 saturated heterocycles. The van der Waals surface area contributed by atoms with Crippen molar-refractivity contribution in [3.05, 3.63) is 0 Å². The summed E-state index contributed by atoms with van der Waals surface area (Å²) >= 11 is 0. The maximum absolute atomic E-state index is 11.1. The summed E-state index contributed by atoms with van der Waals surface area (Å²) in [7, 11) is 1.98. The first-order chi connectivity index (χ1) is 7.89. The van der Waals surface area contributed by atoms with Crippen LogP contribution in [0.15, 0.2) is 0 Å². The molecule has 2 fully saturated rings. The van der Waals surface area contributed by atoms with Crippen LogP contribution in [0.25, 0.3) is 0 Å². The van der Waals surface area contributed by atoms with E-state index in [1.165, 1.54) is 12.8 Å². The number of hydrogen-bond donors (Lipinski definition) is 0. The Kier molecular flexibility index (Phi) is 4.06. The fraction of sp³-hybridized carbons (Fsp3) is 1.00. The van der Waals surface area contributed by atoms with Gasteiger partial charge in [-0.25, -0.2) is 8.42 Å². The molecule has 1 aliphatic carbocycles. The molecule has 1 heterocycles. The van der Waals surface area contributed by atoms with Gasteiger partial charge in [0.2, 0.25) is 9.05 Å². The van der Waals surface area contributed by atoms with Crippen molar-refractivity contribution >= 4 is 19.7 Å². The summed E-state index contributed by atoms with van der Waals surface area (Å²) in [4.78, 5) is 0. The quantitative estimate of drug-likeness (QED) is 0.731. The SMILES string of the molecule is CC1CCC2(CC1)CC(CS(=O)(=O)Cl)CCO2. The summed E-state index contributed by atoms with van der Waals surface area (Å²) in [6.45, 7) is 2.96.